The lowest BCUT2D eigenvalue weighted by Crippen LogP contribution is -2.39. The molecule has 5 heteroatoms. The third-order valence-corrected chi connectivity index (χ3v) is 7.15. The van der Waals surface area contributed by atoms with Crippen molar-refractivity contribution in [2.24, 2.45) is 5.92 Å². The SMILES string of the molecule is COc1ccc(CN2CCC(CCC=O)C(c3ccc4c(c3)CCNCC4)C2)cc1OC. The van der Waals surface area contributed by atoms with E-state index in [1.54, 1.807) is 14.2 Å². The minimum atomic E-state index is 0.463. The Morgan fingerprint density at radius 3 is 2.62 bits per heavy atom. The highest BCUT2D eigenvalue weighted by Crippen LogP contribution is 2.37. The van der Waals surface area contributed by atoms with Crippen molar-refractivity contribution in [3.8, 4) is 11.5 Å². The summed E-state index contributed by atoms with van der Waals surface area (Å²) in [5.74, 6) is 2.57. The van der Waals surface area contributed by atoms with E-state index in [0.717, 1.165) is 76.2 Å². The summed E-state index contributed by atoms with van der Waals surface area (Å²) in [7, 11) is 3.35. The second kappa shape index (κ2) is 11.0. The van der Waals surface area contributed by atoms with Gasteiger partial charge in [-0.05, 0) is 91.5 Å². The second-order valence-corrected chi connectivity index (χ2v) is 9.10. The average Bonchev–Trinajstić information content (AvgIpc) is 3.08. The summed E-state index contributed by atoms with van der Waals surface area (Å²) in [6, 6.07) is 13.4. The molecule has 0 aromatic heterocycles. The molecule has 1 N–H and O–H groups in total. The molecule has 4 rings (SSSR count). The van der Waals surface area contributed by atoms with Gasteiger partial charge in [0.25, 0.3) is 0 Å². The summed E-state index contributed by atoms with van der Waals surface area (Å²) in [4.78, 5) is 13.7. The molecule has 2 aromatic rings. The first kappa shape index (κ1) is 22.8. The van der Waals surface area contributed by atoms with Crippen LogP contribution >= 0.6 is 0 Å². The van der Waals surface area contributed by atoms with Crippen LogP contribution in [0.25, 0.3) is 0 Å². The summed E-state index contributed by atoms with van der Waals surface area (Å²) >= 11 is 0. The maximum absolute atomic E-state index is 11.1. The largest absolute Gasteiger partial charge is 0.493 e. The van der Waals surface area contributed by atoms with Gasteiger partial charge in [-0.15, -0.1) is 0 Å². The van der Waals surface area contributed by atoms with Gasteiger partial charge < -0.3 is 19.6 Å². The van der Waals surface area contributed by atoms with E-state index in [0.29, 0.717) is 18.3 Å². The highest BCUT2D eigenvalue weighted by molar-refractivity contribution is 5.49. The average molecular weight is 437 g/mol. The smallest absolute Gasteiger partial charge is 0.161 e. The van der Waals surface area contributed by atoms with Gasteiger partial charge in [0.15, 0.2) is 11.5 Å². The fourth-order valence-electron chi connectivity index (χ4n) is 5.38. The van der Waals surface area contributed by atoms with Gasteiger partial charge in [0.1, 0.15) is 6.29 Å². The Morgan fingerprint density at radius 2 is 1.84 bits per heavy atom. The van der Waals surface area contributed by atoms with Crippen LogP contribution in [0.1, 0.15) is 47.4 Å². The Labute approximate surface area is 192 Å². The Balaban J connectivity index is 1.53. The van der Waals surface area contributed by atoms with Crippen LogP contribution in [0.4, 0.5) is 0 Å². The van der Waals surface area contributed by atoms with Crippen LogP contribution < -0.4 is 14.8 Å². The zero-order valence-electron chi connectivity index (χ0n) is 19.4. The highest BCUT2D eigenvalue weighted by atomic mass is 16.5. The molecular formula is C27H36N2O3. The molecule has 0 aliphatic carbocycles. The minimum Gasteiger partial charge on any atom is -0.493 e. The van der Waals surface area contributed by atoms with Crippen LogP contribution in [-0.4, -0.2) is 51.6 Å². The van der Waals surface area contributed by atoms with Gasteiger partial charge in [-0.2, -0.15) is 0 Å². The molecule has 0 bridgehead atoms. The van der Waals surface area contributed by atoms with Crippen molar-refractivity contribution >= 4 is 6.29 Å². The normalized spacial score (nSPS) is 21.4. The summed E-state index contributed by atoms with van der Waals surface area (Å²) in [6.45, 7) is 5.10. The van der Waals surface area contributed by atoms with E-state index < -0.39 is 0 Å². The van der Waals surface area contributed by atoms with Crippen LogP contribution in [0.2, 0.25) is 0 Å². The highest BCUT2D eigenvalue weighted by Gasteiger charge is 2.30. The number of ether oxygens (including phenoxy) is 2. The zero-order chi connectivity index (χ0) is 22.3. The number of likely N-dealkylation sites (tertiary alicyclic amines) is 1. The number of piperidine rings is 1. The summed E-state index contributed by atoms with van der Waals surface area (Å²) in [5, 5.41) is 3.52. The Hall–Kier alpha value is -2.37. The van der Waals surface area contributed by atoms with Crippen LogP contribution in [0, 0.1) is 5.92 Å². The number of carbonyl (C=O) groups is 1. The predicted octanol–water partition coefficient (Wildman–Crippen LogP) is 3.98. The Morgan fingerprint density at radius 1 is 1.03 bits per heavy atom. The maximum atomic E-state index is 11.1. The van der Waals surface area contributed by atoms with Gasteiger partial charge >= 0.3 is 0 Å². The number of methoxy groups -OCH3 is 2. The van der Waals surface area contributed by atoms with E-state index in [-0.39, 0.29) is 0 Å². The van der Waals surface area contributed by atoms with Gasteiger partial charge in [-0.25, -0.2) is 0 Å². The molecule has 0 saturated carbocycles. The summed E-state index contributed by atoms with van der Waals surface area (Å²) in [5.41, 5.74) is 5.67. The number of hydrogen-bond donors (Lipinski definition) is 1. The van der Waals surface area contributed by atoms with Gasteiger partial charge in [0.05, 0.1) is 14.2 Å². The molecule has 5 nitrogen and oxygen atoms in total. The van der Waals surface area contributed by atoms with Crippen molar-refractivity contribution in [1.82, 2.24) is 10.2 Å². The van der Waals surface area contributed by atoms with E-state index >= 15 is 0 Å². The van der Waals surface area contributed by atoms with E-state index in [9.17, 15) is 4.79 Å². The number of benzene rings is 2. The van der Waals surface area contributed by atoms with Crippen molar-refractivity contribution < 1.29 is 14.3 Å². The zero-order valence-corrected chi connectivity index (χ0v) is 19.4. The molecule has 2 heterocycles. The van der Waals surface area contributed by atoms with Crippen LogP contribution in [0.15, 0.2) is 36.4 Å². The second-order valence-electron chi connectivity index (χ2n) is 9.10. The van der Waals surface area contributed by atoms with Gasteiger partial charge in [-0.3, -0.25) is 4.90 Å². The Kier molecular flexibility index (Phi) is 7.82. The van der Waals surface area contributed by atoms with Crippen molar-refractivity contribution in [3.63, 3.8) is 0 Å². The van der Waals surface area contributed by atoms with E-state index in [1.807, 2.05) is 6.07 Å². The standard InChI is InChI=1S/C27H36N2O3/c1-31-26-8-5-20(16-27(26)32-2)18-29-14-11-22(4-3-15-30)25(19-29)24-7-6-21-9-12-28-13-10-23(21)17-24/h5-8,15-17,22,25,28H,3-4,9-14,18-19H2,1-2H3. The molecule has 0 spiro atoms. The third kappa shape index (κ3) is 5.33. The van der Waals surface area contributed by atoms with Crippen LogP contribution in [-0.2, 0) is 24.2 Å². The number of nitrogens with one attached hydrogen (secondary N) is 1. The molecule has 0 radical (unpaired) electrons. The fraction of sp³-hybridized carbons (Fsp3) is 0.519. The van der Waals surface area contributed by atoms with E-state index in [2.05, 4.69) is 40.5 Å². The van der Waals surface area contributed by atoms with Crippen LogP contribution in [0.3, 0.4) is 0 Å². The third-order valence-electron chi connectivity index (χ3n) is 7.15. The van der Waals surface area contributed by atoms with Gasteiger partial charge in [0, 0.05) is 19.5 Å². The van der Waals surface area contributed by atoms with Crippen molar-refractivity contribution in [2.75, 3.05) is 40.4 Å². The van der Waals surface area contributed by atoms with Gasteiger partial charge in [0.2, 0.25) is 0 Å². The maximum Gasteiger partial charge on any atom is 0.161 e. The lowest BCUT2D eigenvalue weighted by Gasteiger charge is -2.39. The molecule has 2 aromatic carbocycles. The number of hydrogen-bond acceptors (Lipinski definition) is 5. The van der Waals surface area contributed by atoms with Crippen molar-refractivity contribution in [3.05, 3.63) is 58.7 Å². The van der Waals surface area contributed by atoms with Gasteiger partial charge in [-0.1, -0.05) is 24.3 Å². The minimum absolute atomic E-state index is 0.463. The van der Waals surface area contributed by atoms with Crippen molar-refractivity contribution in [2.45, 2.75) is 44.6 Å². The molecule has 1 fully saturated rings. The first-order valence-corrected chi connectivity index (χ1v) is 11.9. The lowest BCUT2D eigenvalue weighted by molar-refractivity contribution is -0.108. The number of carbonyl (C=O) groups excluding carboxylic acids is 1. The monoisotopic (exact) mass is 436 g/mol. The lowest BCUT2D eigenvalue weighted by atomic mass is 9.77. The molecule has 172 valence electrons. The molecular weight excluding hydrogens is 400 g/mol. The van der Waals surface area contributed by atoms with Crippen LogP contribution in [0.5, 0.6) is 11.5 Å². The molecule has 2 unspecified atom stereocenters. The number of rotatable bonds is 8. The molecule has 0 amide bonds. The molecule has 2 aliphatic rings. The van der Waals surface area contributed by atoms with E-state index in [1.165, 1.54) is 22.3 Å². The molecule has 2 atom stereocenters. The fourth-order valence-corrected chi connectivity index (χ4v) is 5.38. The first-order valence-electron chi connectivity index (χ1n) is 11.9. The summed E-state index contributed by atoms with van der Waals surface area (Å²) in [6.07, 6.45) is 6.06. The quantitative estimate of drug-likeness (QED) is 0.635. The molecule has 32 heavy (non-hydrogen) atoms. The molecule has 1 saturated heterocycles. The number of fused-ring (bicyclic) bond motifs is 1. The van der Waals surface area contributed by atoms with E-state index in [4.69, 9.17) is 9.47 Å². The molecule has 2 aliphatic heterocycles. The number of nitrogens with zero attached hydrogens (tertiary/aromatic N) is 1. The summed E-state index contributed by atoms with van der Waals surface area (Å²) < 4.78 is 10.9. The number of aldehydes is 1. The Bertz CT molecular complexity index is 914. The van der Waals surface area contributed by atoms with Crippen molar-refractivity contribution in [1.29, 1.82) is 0 Å². The topological polar surface area (TPSA) is 50.8 Å². The predicted molar refractivity (Wildman–Crippen MR) is 128 cm³/mol. The first-order chi connectivity index (χ1) is 15.7.